The van der Waals surface area contributed by atoms with Crippen LogP contribution in [0.15, 0.2) is 84.1 Å². The van der Waals surface area contributed by atoms with Gasteiger partial charge >= 0.3 is 12.4 Å². The van der Waals surface area contributed by atoms with Gasteiger partial charge in [0.1, 0.15) is 18.2 Å². The van der Waals surface area contributed by atoms with Gasteiger partial charge in [-0.2, -0.15) is 4.99 Å². The van der Waals surface area contributed by atoms with Gasteiger partial charge in [-0.25, -0.2) is 18.9 Å². The highest BCUT2D eigenvalue weighted by Crippen LogP contribution is 2.32. The number of hydrogen-bond donors (Lipinski definition) is 1. The summed E-state index contributed by atoms with van der Waals surface area (Å²) in [4.78, 5) is 23.6. The molecule has 236 valence electrons. The van der Waals surface area contributed by atoms with Crippen molar-refractivity contribution in [2.24, 2.45) is 4.99 Å². The Morgan fingerprint density at radius 2 is 1.73 bits per heavy atom. The highest BCUT2D eigenvalue weighted by Gasteiger charge is 2.31. The van der Waals surface area contributed by atoms with E-state index in [4.69, 9.17) is 0 Å². The van der Waals surface area contributed by atoms with E-state index in [1.165, 1.54) is 52.6 Å². The molecule has 1 aliphatic rings. The van der Waals surface area contributed by atoms with Crippen LogP contribution in [-0.4, -0.2) is 50.7 Å². The molecule has 5 rings (SSSR count). The van der Waals surface area contributed by atoms with Crippen molar-refractivity contribution in [1.82, 2.24) is 20.1 Å². The molecule has 2 heterocycles. The first-order chi connectivity index (χ1) is 21.5. The number of amides is 2. The van der Waals surface area contributed by atoms with Crippen LogP contribution in [0.3, 0.4) is 0 Å². The third kappa shape index (κ3) is 8.01. The molecule has 1 aromatic heterocycles. The number of ether oxygens (including phenoxy) is 1. The maximum Gasteiger partial charge on any atom is 0.573 e. The van der Waals surface area contributed by atoms with Gasteiger partial charge in [0.2, 0.25) is 0 Å². The van der Waals surface area contributed by atoms with Gasteiger partial charge in [-0.05, 0) is 60.7 Å². The first kappa shape index (κ1) is 32.0. The molecular weight excluding hydrogens is 608 g/mol. The van der Waals surface area contributed by atoms with Crippen LogP contribution in [0.4, 0.5) is 28.0 Å². The van der Waals surface area contributed by atoms with Crippen molar-refractivity contribution in [3.63, 3.8) is 0 Å². The van der Waals surface area contributed by atoms with E-state index < -0.39 is 24.6 Å². The van der Waals surface area contributed by atoms with Crippen LogP contribution in [0.5, 0.6) is 5.75 Å². The monoisotopic (exact) mass is 640 g/mol. The number of anilines is 1. The molecule has 2 atom stereocenters. The summed E-state index contributed by atoms with van der Waals surface area (Å²) in [6.45, 7) is 6.58. The number of carbonyl (C=O) groups excluding carboxylic acids is 1. The molecule has 0 spiro atoms. The van der Waals surface area contributed by atoms with Crippen LogP contribution < -0.4 is 15.0 Å². The fraction of sp³-hybridized carbons (Fsp3) is 0.312. The van der Waals surface area contributed by atoms with E-state index in [1.807, 2.05) is 18.2 Å². The molecule has 45 heavy (non-hydrogen) atoms. The second-order valence-corrected chi connectivity index (χ2v) is 11.8. The number of nitrogens with zero attached hydrogens (tertiary/aromatic N) is 5. The molecule has 13 heteroatoms. The third-order valence-corrected chi connectivity index (χ3v) is 8.20. The van der Waals surface area contributed by atoms with Crippen LogP contribution in [0.2, 0.25) is 0 Å². The zero-order chi connectivity index (χ0) is 32.1. The Morgan fingerprint density at radius 1 is 1.02 bits per heavy atom. The molecule has 1 N–H and O–H groups in total. The number of nitrogens with one attached hydrogen (secondary N) is 1. The largest absolute Gasteiger partial charge is 0.573 e. The minimum atomic E-state index is -4.78. The molecule has 4 aromatic rings. The smallest absolute Gasteiger partial charge is 0.406 e. The molecule has 8 nitrogen and oxygen atoms in total. The third-order valence-electron chi connectivity index (χ3n) is 7.14. The van der Waals surface area contributed by atoms with E-state index in [0.29, 0.717) is 33.7 Å². The first-order valence-electron chi connectivity index (χ1n) is 14.4. The van der Waals surface area contributed by atoms with Gasteiger partial charge in [0.05, 0.1) is 11.7 Å². The second-order valence-electron chi connectivity index (χ2n) is 10.8. The van der Waals surface area contributed by atoms with Crippen molar-refractivity contribution < 1.29 is 27.1 Å². The van der Waals surface area contributed by atoms with Gasteiger partial charge < -0.3 is 15.0 Å². The zero-order valence-electron chi connectivity index (χ0n) is 24.8. The van der Waals surface area contributed by atoms with Crippen molar-refractivity contribution in [1.29, 1.82) is 0 Å². The lowest BCUT2D eigenvalue weighted by Gasteiger charge is -2.32. The molecule has 1 fully saturated rings. The Labute approximate surface area is 262 Å². The second kappa shape index (κ2) is 13.7. The van der Waals surface area contributed by atoms with Crippen LogP contribution in [0.1, 0.15) is 50.4 Å². The quantitative estimate of drug-likeness (QED) is 0.196. The summed E-state index contributed by atoms with van der Waals surface area (Å²) in [5.41, 5.74) is 3.65. The number of carbonyl (C=O) groups is 1. The summed E-state index contributed by atoms with van der Waals surface area (Å²) in [6.07, 6.45) is -3.89. The lowest BCUT2D eigenvalue weighted by molar-refractivity contribution is -0.274. The molecule has 1 aliphatic heterocycles. The summed E-state index contributed by atoms with van der Waals surface area (Å²) >= 11 is 1.51. The number of urea groups is 1. The fourth-order valence-electron chi connectivity index (χ4n) is 4.91. The predicted octanol–water partition coefficient (Wildman–Crippen LogP) is 8.06. The number of para-hydroxylation sites is 1. The Morgan fingerprint density at radius 3 is 2.42 bits per heavy atom. The van der Waals surface area contributed by atoms with E-state index in [2.05, 4.69) is 49.9 Å². The average Bonchev–Trinajstić information content (AvgIpc) is 3.51. The normalized spacial score (nSPS) is 16.1. The van der Waals surface area contributed by atoms with Gasteiger partial charge in [0.15, 0.2) is 11.0 Å². The van der Waals surface area contributed by atoms with Gasteiger partial charge in [-0.15, -0.1) is 18.3 Å². The van der Waals surface area contributed by atoms with Crippen LogP contribution >= 0.6 is 11.8 Å². The minimum absolute atomic E-state index is 0.302. The Bertz CT molecular complexity index is 1640. The number of halogens is 4. The van der Waals surface area contributed by atoms with Crippen molar-refractivity contribution >= 4 is 28.6 Å². The molecular formula is C32H32F4N6O2S. The maximum absolute atomic E-state index is 15.5. The zero-order valence-corrected chi connectivity index (χ0v) is 25.6. The molecule has 2 amide bonds. The molecule has 3 aromatic carbocycles. The number of aromatic nitrogens is 3. The summed E-state index contributed by atoms with van der Waals surface area (Å²) in [7, 11) is 0. The SMILES string of the molecule is CC(C)c1ccccc1N1CCCSC1=NC(=O)NC(C)C(F)c1ccc(-c2ncn(-c3ccc(OC(F)(F)F)cc3)n2)cc1. The van der Waals surface area contributed by atoms with Crippen molar-refractivity contribution in [2.45, 2.75) is 51.7 Å². The Kier molecular flexibility index (Phi) is 9.76. The van der Waals surface area contributed by atoms with E-state index in [1.54, 1.807) is 31.2 Å². The number of aliphatic imine (C=N–C) groups is 1. The Hall–Kier alpha value is -4.39. The van der Waals surface area contributed by atoms with Crippen molar-refractivity contribution in [2.75, 3.05) is 17.2 Å². The highest BCUT2D eigenvalue weighted by molar-refractivity contribution is 8.14. The number of alkyl halides is 4. The average molecular weight is 641 g/mol. The van der Waals surface area contributed by atoms with Crippen LogP contribution in [0, 0.1) is 0 Å². The molecule has 0 bridgehead atoms. The van der Waals surface area contributed by atoms with Crippen LogP contribution in [0.25, 0.3) is 17.1 Å². The van der Waals surface area contributed by atoms with E-state index in [9.17, 15) is 18.0 Å². The molecule has 1 saturated heterocycles. The van der Waals surface area contributed by atoms with Gasteiger partial charge in [-0.3, -0.25) is 0 Å². The number of rotatable bonds is 8. The molecule has 0 radical (unpaired) electrons. The van der Waals surface area contributed by atoms with Crippen LogP contribution in [-0.2, 0) is 0 Å². The van der Waals surface area contributed by atoms with E-state index in [-0.39, 0.29) is 5.75 Å². The maximum atomic E-state index is 15.5. The molecule has 2 unspecified atom stereocenters. The minimum Gasteiger partial charge on any atom is -0.406 e. The van der Waals surface area contributed by atoms with Gasteiger partial charge in [-0.1, -0.05) is 68.1 Å². The molecule has 0 saturated carbocycles. The lowest BCUT2D eigenvalue weighted by Crippen LogP contribution is -2.38. The number of benzene rings is 3. The lowest BCUT2D eigenvalue weighted by atomic mass is 10.0. The number of amidine groups is 1. The highest BCUT2D eigenvalue weighted by atomic mass is 32.2. The van der Waals surface area contributed by atoms with Crippen molar-refractivity contribution in [3.8, 4) is 22.8 Å². The topological polar surface area (TPSA) is 84.6 Å². The van der Waals surface area contributed by atoms with Crippen molar-refractivity contribution in [3.05, 3.63) is 90.3 Å². The fourth-order valence-corrected chi connectivity index (χ4v) is 5.86. The first-order valence-corrected chi connectivity index (χ1v) is 15.4. The number of thioether (sulfide) groups is 1. The summed E-state index contributed by atoms with van der Waals surface area (Å²) in [6, 6.07) is 18.4. The van der Waals surface area contributed by atoms with Gasteiger partial charge in [0, 0.05) is 23.5 Å². The standard InChI is InChI=1S/C32H32F4N6O2S/c1-20(2)26-7-4-5-8-27(26)41-17-6-18-45-31(41)39-30(43)38-21(3)28(33)22-9-11-23(12-10-22)29-37-19-42(40-29)24-13-15-25(16-14-24)44-32(34,35)36/h4-5,7-16,19-21,28H,6,17-18H2,1-3H3,(H,38,43). The summed E-state index contributed by atoms with van der Waals surface area (Å²) in [5, 5.41) is 7.65. The Balaban J connectivity index is 1.22. The van der Waals surface area contributed by atoms with E-state index >= 15 is 4.39 Å². The van der Waals surface area contributed by atoms with Gasteiger partial charge in [0.25, 0.3) is 0 Å². The summed E-state index contributed by atoms with van der Waals surface area (Å²) < 4.78 is 58.0. The predicted molar refractivity (Wildman–Crippen MR) is 168 cm³/mol. The molecule has 0 aliphatic carbocycles. The number of hydrogen-bond acceptors (Lipinski definition) is 5. The summed E-state index contributed by atoms with van der Waals surface area (Å²) in [5.74, 6) is 1.15. The van der Waals surface area contributed by atoms with E-state index in [0.717, 1.165) is 24.4 Å².